The van der Waals surface area contributed by atoms with Gasteiger partial charge in [0.15, 0.2) is 6.20 Å². The molecule has 38 heavy (non-hydrogen) atoms. The Morgan fingerprint density at radius 3 is 2.50 bits per heavy atom. The van der Waals surface area contributed by atoms with Crippen LogP contribution in [0.5, 0.6) is 0 Å². The summed E-state index contributed by atoms with van der Waals surface area (Å²) in [7, 11) is -3.28. The Morgan fingerprint density at radius 1 is 1.13 bits per heavy atom. The van der Waals surface area contributed by atoms with Crippen LogP contribution in [0.3, 0.4) is 0 Å². The summed E-state index contributed by atoms with van der Waals surface area (Å²) in [6, 6.07) is 7.96. The summed E-state index contributed by atoms with van der Waals surface area (Å²) in [5.74, 6) is -1.48. The lowest BCUT2D eigenvalue weighted by Crippen LogP contribution is -2.36. The minimum Gasteiger partial charge on any atom is -0.744 e. The standard InChI is InChI=1S/C28H34N2O7S/c1-5-29-19-20(27(33)37-4)13-14-21(29)10-9-11-25-28(2,3)23-18-22(38(34,35)36)15-16-24(23)30(25)17-8-6-7-12-26(31)32/h9-11,13-16,18-19H,5-8,12,17H2,1-4H3,(H-,31,32,34,35,36)/p-1. The van der Waals surface area contributed by atoms with Crippen LogP contribution in [0.4, 0.5) is 5.69 Å². The molecule has 0 aliphatic carbocycles. The number of unbranched alkanes of at least 4 members (excludes halogenated alkanes) is 2. The molecular weight excluding hydrogens is 508 g/mol. The summed E-state index contributed by atoms with van der Waals surface area (Å²) in [6.45, 7) is 7.15. The summed E-state index contributed by atoms with van der Waals surface area (Å²) in [6.07, 6.45) is 9.44. The van der Waals surface area contributed by atoms with E-state index in [1.54, 1.807) is 18.3 Å². The monoisotopic (exact) mass is 541 g/mol. The van der Waals surface area contributed by atoms with Gasteiger partial charge < -0.3 is 24.1 Å². The number of carboxylic acids is 1. The van der Waals surface area contributed by atoms with Crippen molar-refractivity contribution in [2.24, 2.45) is 0 Å². The molecule has 3 rings (SSSR count). The third-order valence-electron chi connectivity index (χ3n) is 6.76. The van der Waals surface area contributed by atoms with E-state index in [1.807, 2.05) is 49.6 Å². The van der Waals surface area contributed by atoms with Gasteiger partial charge in [0, 0.05) is 41.5 Å². The normalized spacial score (nSPS) is 15.7. The van der Waals surface area contributed by atoms with Gasteiger partial charge in [-0.25, -0.2) is 13.2 Å². The maximum absolute atomic E-state index is 11.9. The maximum Gasteiger partial charge on any atom is 0.343 e. The molecule has 1 aliphatic rings. The van der Waals surface area contributed by atoms with Crippen molar-refractivity contribution in [3.63, 3.8) is 0 Å². The van der Waals surface area contributed by atoms with Crippen LogP contribution < -0.4 is 14.6 Å². The van der Waals surface area contributed by atoms with Crippen molar-refractivity contribution in [3.05, 3.63) is 71.2 Å². The molecule has 0 amide bonds. The number of benzene rings is 1. The SMILES string of the molecule is CC[n+]1cc(C(=O)OC)ccc1C=CC=C1N(CCCCCC(=O)[O-])c2ccc(S(=O)(=O)[O-])cc2C1(C)C. The number of esters is 1. The molecule has 0 N–H and O–H groups in total. The molecule has 0 spiro atoms. The van der Waals surface area contributed by atoms with E-state index in [-0.39, 0.29) is 11.3 Å². The number of hydrogen-bond acceptors (Lipinski definition) is 8. The minimum absolute atomic E-state index is 0.00440. The Morgan fingerprint density at radius 2 is 1.87 bits per heavy atom. The average Bonchev–Trinajstić information content (AvgIpc) is 3.08. The summed E-state index contributed by atoms with van der Waals surface area (Å²) in [5, 5.41) is 10.7. The summed E-state index contributed by atoms with van der Waals surface area (Å²) >= 11 is 0. The molecule has 2 aromatic rings. The first kappa shape index (κ1) is 29.1. The van der Waals surface area contributed by atoms with Gasteiger partial charge in [0.05, 0.1) is 12.0 Å². The molecule has 0 saturated carbocycles. The number of carboxylic acid groups (broad SMARTS) is 1. The van der Waals surface area contributed by atoms with E-state index in [9.17, 15) is 27.7 Å². The third-order valence-corrected chi connectivity index (χ3v) is 7.59. The number of pyridine rings is 1. The topological polar surface area (TPSA) is 131 Å². The number of ether oxygens (including phenoxy) is 1. The zero-order chi connectivity index (χ0) is 28.1. The fraction of sp³-hybridized carbons (Fsp3) is 0.393. The second kappa shape index (κ2) is 11.9. The minimum atomic E-state index is -4.61. The van der Waals surface area contributed by atoms with Gasteiger partial charge in [-0.15, -0.1) is 0 Å². The van der Waals surface area contributed by atoms with Crippen LogP contribution in [0.1, 0.15) is 68.1 Å². The van der Waals surface area contributed by atoms with Crippen LogP contribution in [0.15, 0.2) is 59.3 Å². The number of carbonyl (C=O) groups excluding carboxylic acids is 2. The molecule has 0 bridgehead atoms. The van der Waals surface area contributed by atoms with Gasteiger partial charge in [-0.05, 0) is 62.1 Å². The van der Waals surface area contributed by atoms with Crippen LogP contribution in [0.25, 0.3) is 6.08 Å². The molecule has 204 valence electrons. The molecule has 0 saturated heterocycles. The first-order valence-electron chi connectivity index (χ1n) is 12.5. The number of carbonyl (C=O) groups is 2. The second-order valence-electron chi connectivity index (χ2n) is 9.62. The zero-order valence-corrected chi connectivity index (χ0v) is 22.9. The first-order valence-corrected chi connectivity index (χ1v) is 13.9. The summed E-state index contributed by atoms with van der Waals surface area (Å²) in [5.41, 5.74) is 3.19. The molecular formula is C28H33N2O7S-. The molecule has 1 aliphatic heterocycles. The molecule has 1 aromatic carbocycles. The van der Waals surface area contributed by atoms with Crippen molar-refractivity contribution < 1.29 is 37.0 Å². The molecule has 0 unspecified atom stereocenters. The number of rotatable bonds is 11. The van der Waals surface area contributed by atoms with Crippen LogP contribution >= 0.6 is 0 Å². The highest BCUT2D eigenvalue weighted by Gasteiger charge is 2.40. The van der Waals surface area contributed by atoms with Crippen LogP contribution in [0, 0.1) is 0 Å². The van der Waals surface area contributed by atoms with Crippen LogP contribution in [0.2, 0.25) is 0 Å². The summed E-state index contributed by atoms with van der Waals surface area (Å²) < 4.78 is 41.8. The third kappa shape index (κ3) is 6.49. The van der Waals surface area contributed by atoms with E-state index in [0.29, 0.717) is 31.5 Å². The Balaban J connectivity index is 1.96. The number of allylic oxidation sites excluding steroid dienone is 3. The number of fused-ring (bicyclic) bond motifs is 1. The average molecular weight is 542 g/mol. The van der Waals surface area contributed by atoms with Crippen molar-refractivity contribution >= 4 is 33.8 Å². The smallest absolute Gasteiger partial charge is 0.343 e. The van der Waals surface area contributed by atoms with Crippen LogP contribution in [-0.4, -0.2) is 38.6 Å². The fourth-order valence-electron chi connectivity index (χ4n) is 4.72. The lowest BCUT2D eigenvalue weighted by Gasteiger charge is -2.27. The highest BCUT2D eigenvalue weighted by Crippen LogP contribution is 2.48. The van der Waals surface area contributed by atoms with E-state index >= 15 is 0 Å². The van der Waals surface area contributed by atoms with Crippen molar-refractivity contribution in [1.29, 1.82) is 0 Å². The van der Waals surface area contributed by atoms with Gasteiger partial charge in [-0.2, -0.15) is 4.57 Å². The van der Waals surface area contributed by atoms with Gasteiger partial charge in [-0.1, -0.05) is 26.3 Å². The number of anilines is 1. The lowest BCUT2D eigenvalue weighted by atomic mass is 9.83. The highest BCUT2D eigenvalue weighted by molar-refractivity contribution is 7.85. The largest absolute Gasteiger partial charge is 0.744 e. The van der Waals surface area contributed by atoms with Crippen molar-refractivity contribution in [2.45, 2.75) is 63.3 Å². The van der Waals surface area contributed by atoms with E-state index in [0.717, 1.165) is 29.1 Å². The second-order valence-corrected chi connectivity index (χ2v) is 11.0. The molecule has 0 radical (unpaired) electrons. The highest BCUT2D eigenvalue weighted by atomic mass is 32.2. The summed E-state index contributed by atoms with van der Waals surface area (Å²) in [4.78, 5) is 24.4. The number of nitrogens with zero attached hydrogens (tertiary/aromatic N) is 2. The Kier molecular flexibility index (Phi) is 9.11. The predicted molar refractivity (Wildman–Crippen MR) is 139 cm³/mol. The van der Waals surface area contributed by atoms with Gasteiger partial charge in [-0.3, -0.25) is 0 Å². The molecule has 1 aromatic heterocycles. The Labute approximate surface area is 223 Å². The van der Waals surface area contributed by atoms with Gasteiger partial charge >= 0.3 is 5.97 Å². The van der Waals surface area contributed by atoms with Crippen molar-refractivity contribution in [1.82, 2.24) is 0 Å². The van der Waals surface area contributed by atoms with E-state index in [4.69, 9.17) is 4.74 Å². The van der Waals surface area contributed by atoms with Crippen molar-refractivity contribution in [2.75, 3.05) is 18.6 Å². The lowest BCUT2D eigenvalue weighted by molar-refractivity contribution is -0.695. The van der Waals surface area contributed by atoms with Crippen LogP contribution in [-0.2, 0) is 31.6 Å². The molecule has 9 nitrogen and oxygen atoms in total. The molecule has 2 heterocycles. The molecule has 0 fully saturated rings. The zero-order valence-electron chi connectivity index (χ0n) is 22.1. The van der Waals surface area contributed by atoms with Gasteiger partial charge in [0.1, 0.15) is 22.2 Å². The Bertz CT molecular complexity index is 1380. The quantitative estimate of drug-likeness (QED) is 0.184. The Hall–Kier alpha value is -3.50. The predicted octanol–water partition coefficient (Wildman–Crippen LogP) is 2.69. The first-order chi connectivity index (χ1) is 17.9. The van der Waals surface area contributed by atoms with E-state index in [2.05, 4.69) is 4.90 Å². The number of hydrogen-bond donors (Lipinski definition) is 0. The maximum atomic E-state index is 11.9. The van der Waals surface area contributed by atoms with E-state index in [1.165, 1.54) is 19.2 Å². The van der Waals surface area contributed by atoms with E-state index < -0.39 is 27.5 Å². The number of aromatic nitrogens is 1. The molecule has 10 heteroatoms. The number of methoxy groups -OCH3 is 1. The fourth-order valence-corrected chi connectivity index (χ4v) is 5.22. The number of aryl methyl sites for hydroxylation is 1. The van der Waals surface area contributed by atoms with Gasteiger partial charge in [0.25, 0.3) is 0 Å². The van der Waals surface area contributed by atoms with Gasteiger partial charge in [0.2, 0.25) is 5.69 Å². The van der Waals surface area contributed by atoms with Crippen molar-refractivity contribution in [3.8, 4) is 0 Å². The number of aliphatic carboxylic acids is 1. The molecule has 0 atom stereocenters.